The molecule has 4 nitrogen and oxygen atoms in total. The van der Waals surface area contributed by atoms with Crippen molar-refractivity contribution in [1.29, 1.82) is 0 Å². The maximum atomic E-state index is 11.7. The lowest BCUT2D eigenvalue weighted by molar-refractivity contribution is -0.145. The van der Waals surface area contributed by atoms with Gasteiger partial charge in [0.2, 0.25) is 5.91 Å². The maximum Gasteiger partial charge on any atom is 0.306 e. The number of aliphatic carboxylic acids is 1. The lowest BCUT2D eigenvalue weighted by Gasteiger charge is -2.30. The second-order valence-corrected chi connectivity index (χ2v) is 5.36. The summed E-state index contributed by atoms with van der Waals surface area (Å²) in [4.78, 5) is 22.8. The predicted molar refractivity (Wildman–Crippen MR) is 63.4 cm³/mol. The number of carboxylic acid groups (broad SMARTS) is 1. The van der Waals surface area contributed by atoms with E-state index in [-0.39, 0.29) is 23.7 Å². The number of carbonyl (C=O) groups is 2. The van der Waals surface area contributed by atoms with Crippen molar-refractivity contribution in [2.75, 3.05) is 6.54 Å². The molecule has 96 valence electrons. The first-order chi connectivity index (χ1) is 8.18. The van der Waals surface area contributed by atoms with E-state index in [2.05, 4.69) is 5.32 Å². The highest BCUT2D eigenvalue weighted by molar-refractivity contribution is 5.79. The van der Waals surface area contributed by atoms with Crippen LogP contribution in [-0.2, 0) is 9.59 Å². The molecular formula is C13H21NO3. The fraction of sp³-hybridized carbons (Fsp3) is 0.846. The van der Waals surface area contributed by atoms with E-state index in [9.17, 15) is 9.59 Å². The number of rotatable bonds is 4. The predicted octanol–water partition coefficient (Wildman–Crippen LogP) is 1.79. The Morgan fingerprint density at radius 1 is 1.06 bits per heavy atom. The first-order valence-electron chi connectivity index (χ1n) is 6.69. The molecule has 0 heterocycles. The van der Waals surface area contributed by atoms with E-state index < -0.39 is 5.97 Å². The van der Waals surface area contributed by atoms with Crippen molar-refractivity contribution in [3.8, 4) is 0 Å². The summed E-state index contributed by atoms with van der Waals surface area (Å²) >= 11 is 0. The quantitative estimate of drug-likeness (QED) is 0.786. The molecule has 1 amide bonds. The number of amides is 1. The molecule has 2 aliphatic rings. The summed E-state index contributed by atoms with van der Waals surface area (Å²) in [6, 6.07) is 0. The van der Waals surface area contributed by atoms with Gasteiger partial charge in [0.25, 0.3) is 0 Å². The second kappa shape index (κ2) is 5.52. The van der Waals surface area contributed by atoms with Gasteiger partial charge in [0.05, 0.1) is 5.92 Å². The van der Waals surface area contributed by atoms with Crippen LogP contribution < -0.4 is 5.32 Å². The fourth-order valence-corrected chi connectivity index (χ4v) is 2.82. The van der Waals surface area contributed by atoms with Gasteiger partial charge in [-0.1, -0.05) is 19.3 Å². The van der Waals surface area contributed by atoms with Crippen molar-refractivity contribution in [3.63, 3.8) is 0 Å². The van der Waals surface area contributed by atoms with Gasteiger partial charge in [-0.3, -0.25) is 9.59 Å². The molecule has 0 aromatic rings. The van der Waals surface area contributed by atoms with Gasteiger partial charge in [0.15, 0.2) is 0 Å². The normalized spacial score (nSPS) is 29.4. The SMILES string of the molecule is O=C(NCC1CCCCC1C(=O)O)C1CCC1. The molecule has 2 saturated carbocycles. The van der Waals surface area contributed by atoms with Crippen LogP contribution in [0.15, 0.2) is 0 Å². The van der Waals surface area contributed by atoms with E-state index in [4.69, 9.17) is 5.11 Å². The third kappa shape index (κ3) is 2.99. The topological polar surface area (TPSA) is 66.4 Å². The summed E-state index contributed by atoms with van der Waals surface area (Å²) in [6.07, 6.45) is 6.94. The molecule has 2 unspecified atom stereocenters. The highest BCUT2D eigenvalue weighted by Crippen LogP contribution is 2.30. The van der Waals surface area contributed by atoms with Gasteiger partial charge < -0.3 is 10.4 Å². The van der Waals surface area contributed by atoms with E-state index in [0.29, 0.717) is 6.54 Å². The molecule has 2 N–H and O–H groups in total. The molecule has 0 aromatic carbocycles. The first-order valence-corrected chi connectivity index (χ1v) is 6.69. The number of nitrogens with one attached hydrogen (secondary N) is 1. The Hall–Kier alpha value is -1.06. The van der Waals surface area contributed by atoms with Gasteiger partial charge in [-0.2, -0.15) is 0 Å². The van der Waals surface area contributed by atoms with Crippen LogP contribution in [0.3, 0.4) is 0 Å². The maximum absolute atomic E-state index is 11.7. The van der Waals surface area contributed by atoms with Crippen LogP contribution in [0.1, 0.15) is 44.9 Å². The number of hydrogen-bond donors (Lipinski definition) is 2. The molecule has 0 aliphatic heterocycles. The van der Waals surface area contributed by atoms with Crippen LogP contribution in [0.4, 0.5) is 0 Å². The second-order valence-electron chi connectivity index (χ2n) is 5.36. The summed E-state index contributed by atoms with van der Waals surface area (Å²) in [6.45, 7) is 0.548. The average molecular weight is 239 g/mol. The van der Waals surface area contributed by atoms with Crippen LogP contribution in [0.25, 0.3) is 0 Å². The van der Waals surface area contributed by atoms with Crippen molar-refractivity contribution < 1.29 is 14.7 Å². The molecule has 17 heavy (non-hydrogen) atoms. The Bertz CT molecular complexity index is 299. The minimum Gasteiger partial charge on any atom is -0.481 e. The monoisotopic (exact) mass is 239 g/mol. The molecule has 0 aromatic heterocycles. The average Bonchev–Trinajstić information content (AvgIpc) is 2.24. The van der Waals surface area contributed by atoms with Crippen LogP contribution in [0.5, 0.6) is 0 Å². The zero-order valence-electron chi connectivity index (χ0n) is 10.2. The lowest BCUT2D eigenvalue weighted by Crippen LogP contribution is -2.41. The van der Waals surface area contributed by atoms with E-state index in [0.717, 1.165) is 44.9 Å². The minimum absolute atomic E-state index is 0.130. The van der Waals surface area contributed by atoms with Crippen molar-refractivity contribution in [2.45, 2.75) is 44.9 Å². The Morgan fingerprint density at radius 3 is 2.35 bits per heavy atom. The van der Waals surface area contributed by atoms with E-state index >= 15 is 0 Å². The highest BCUT2D eigenvalue weighted by atomic mass is 16.4. The van der Waals surface area contributed by atoms with Crippen molar-refractivity contribution in [2.24, 2.45) is 17.8 Å². The zero-order chi connectivity index (χ0) is 12.3. The largest absolute Gasteiger partial charge is 0.481 e. The molecular weight excluding hydrogens is 218 g/mol. The third-order valence-electron chi connectivity index (χ3n) is 4.24. The van der Waals surface area contributed by atoms with Gasteiger partial charge in [-0.15, -0.1) is 0 Å². The van der Waals surface area contributed by atoms with Crippen LogP contribution in [0, 0.1) is 17.8 Å². The summed E-state index contributed by atoms with van der Waals surface area (Å²) in [7, 11) is 0. The van der Waals surface area contributed by atoms with Crippen molar-refractivity contribution >= 4 is 11.9 Å². The summed E-state index contributed by atoms with van der Waals surface area (Å²) in [5.74, 6) is -0.504. The molecule has 0 saturated heterocycles. The van der Waals surface area contributed by atoms with E-state index in [1.165, 1.54) is 0 Å². The number of carbonyl (C=O) groups excluding carboxylic acids is 1. The Labute approximate surface area is 102 Å². The third-order valence-corrected chi connectivity index (χ3v) is 4.24. The Kier molecular flexibility index (Phi) is 4.02. The molecule has 0 radical (unpaired) electrons. The highest BCUT2D eigenvalue weighted by Gasteiger charge is 2.32. The number of hydrogen-bond acceptors (Lipinski definition) is 2. The minimum atomic E-state index is -0.701. The van der Waals surface area contributed by atoms with Crippen LogP contribution in [-0.4, -0.2) is 23.5 Å². The molecule has 2 aliphatic carbocycles. The van der Waals surface area contributed by atoms with Gasteiger partial charge >= 0.3 is 5.97 Å². The molecule has 0 spiro atoms. The van der Waals surface area contributed by atoms with Crippen LogP contribution in [0.2, 0.25) is 0 Å². The molecule has 4 heteroatoms. The van der Waals surface area contributed by atoms with Gasteiger partial charge in [0.1, 0.15) is 0 Å². The van der Waals surface area contributed by atoms with Crippen molar-refractivity contribution in [1.82, 2.24) is 5.32 Å². The lowest BCUT2D eigenvalue weighted by atomic mass is 9.79. The number of carboxylic acids is 1. The smallest absolute Gasteiger partial charge is 0.306 e. The Balaban J connectivity index is 1.79. The van der Waals surface area contributed by atoms with Gasteiger partial charge in [0, 0.05) is 12.5 Å². The van der Waals surface area contributed by atoms with Crippen LogP contribution >= 0.6 is 0 Å². The van der Waals surface area contributed by atoms with Gasteiger partial charge in [-0.25, -0.2) is 0 Å². The summed E-state index contributed by atoms with van der Waals surface area (Å²) in [5, 5.41) is 12.1. The summed E-state index contributed by atoms with van der Waals surface area (Å²) in [5.41, 5.74) is 0. The van der Waals surface area contributed by atoms with Crippen molar-refractivity contribution in [3.05, 3.63) is 0 Å². The fourth-order valence-electron chi connectivity index (χ4n) is 2.82. The molecule has 0 bridgehead atoms. The molecule has 2 atom stereocenters. The van der Waals surface area contributed by atoms with E-state index in [1.54, 1.807) is 0 Å². The van der Waals surface area contributed by atoms with E-state index in [1.807, 2.05) is 0 Å². The zero-order valence-corrected chi connectivity index (χ0v) is 10.2. The molecule has 2 rings (SSSR count). The summed E-state index contributed by atoms with van der Waals surface area (Å²) < 4.78 is 0. The van der Waals surface area contributed by atoms with Gasteiger partial charge in [-0.05, 0) is 31.6 Å². The Morgan fingerprint density at radius 2 is 1.76 bits per heavy atom. The first kappa shape index (κ1) is 12.4. The standard InChI is InChI=1S/C13H21NO3/c15-12(9-5-3-6-9)14-8-10-4-1-2-7-11(10)13(16)17/h9-11H,1-8H2,(H,14,15)(H,16,17). The molecule has 2 fully saturated rings.